The molecule has 1 atom stereocenters. The van der Waals surface area contributed by atoms with E-state index in [4.69, 9.17) is 0 Å². The first-order chi connectivity index (χ1) is 7.54. The smallest absolute Gasteiger partial charge is 0.413 e. The first-order valence-corrected chi connectivity index (χ1v) is 5.22. The van der Waals surface area contributed by atoms with Gasteiger partial charge in [0.25, 0.3) is 6.04 Å². The first-order valence-electron chi connectivity index (χ1n) is 4.45. The van der Waals surface area contributed by atoms with Crippen molar-refractivity contribution in [2.45, 2.75) is 19.9 Å². The summed E-state index contributed by atoms with van der Waals surface area (Å²) in [6, 6.07) is -0.992. The molecule has 9 heteroatoms. The largest absolute Gasteiger partial charge is 0.450 e. The predicted molar refractivity (Wildman–Crippen MR) is 56.0 cm³/mol. The van der Waals surface area contributed by atoms with Gasteiger partial charge in [-0.3, -0.25) is 15.4 Å². The quantitative estimate of drug-likeness (QED) is 0.636. The fourth-order valence-corrected chi connectivity index (χ4v) is 1.44. The lowest BCUT2D eigenvalue weighted by Gasteiger charge is -2.00. The van der Waals surface area contributed by atoms with Gasteiger partial charge in [-0.25, -0.2) is 4.79 Å². The first kappa shape index (κ1) is 12.3. The summed E-state index contributed by atoms with van der Waals surface area (Å²) in [7, 11) is 0. The summed E-state index contributed by atoms with van der Waals surface area (Å²) in [5, 5.41) is 13.0. The van der Waals surface area contributed by atoms with Crippen molar-refractivity contribution in [3.63, 3.8) is 0 Å². The van der Waals surface area contributed by atoms with Crippen LogP contribution in [-0.4, -0.2) is 27.0 Å². The fourth-order valence-electron chi connectivity index (χ4n) is 0.804. The van der Waals surface area contributed by atoms with E-state index in [1.54, 1.807) is 6.92 Å². The molecule has 0 fully saturated rings. The predicted octanol–water partition coefficient (Wildman–Crippen LogP) is 1.44. The molecule has 0 aliphatic carbocycles. The molecule has 0 saturated carbocycles. The lowest BCUT2D eigenvalue weighted by Crippen LogP contribution is -2.13. The second-order valence-corrected chi connectivity index (χ2v) is 3.52. The molecule has 1 amide bonds. The number of carbonyl (C=O) groups excluding carboxylic acids is 1. The van der Waals surface area contributed by atoms with Gasteiger partial charge in [-0.2, -0.15) is 9.36 Å². The Morgan fingerprint density at radius 3 is 3.00 bits per heavy atom. The van der Waals surface area contributed by atoms with Crippen LogP contribution < -0.4 is 5.32 Å². The van der Waals surface area contributed by atoms with Crippen molar-refractivity contribution in [1.82, 2.24) is 9.36 Å². The second kappa shape index (κ2) is 5.35. The van der Waals surface area contributed by atoms with Crippen LogP contribution in [0.25, 0.3) is 0 Å². The molecule has 88 valence electrons. The number of hydrogen-bond donors (Lipinski definition) is 1. The van der Waals surface area contributed by atoms with Crippen LogP contribution in [0.1, 0.15) is 25.7 Å². The minimum Gasteiger partial charge on any atom is -0.450 e. The number of nitrogens with one attached hydrogen (secondary N) is 1. The third kappa shape index (κ3) is 3.12. The minimum atomic E-state index is -0.992. The maximum absolute atomic E-state index is 11.0. The van der Waals surface area contributed by atoms with Crippen LogP contribution in [0, 0.1) is 10.1 Å². The van der Waals surface area contributed by atoms with Gasteiger partial charge in [-0.1, -0.05) is 0 Å². The number of aromatic nitrogens is 2. The molecular formula is C7H10N4O4S. The van der Waals surface area contributed by atoms with Crippen LogP contribution in [0.15, 0.2) is 0 Å². The third-order valence-corrected chi connectivity index (χ3v) is 2.26. The Labute approximate surface area is 95.0 Å². The van der Waals surface area contributed by atoms with Crippen molar-refractivity contribution in [2.75, 3.05) is 11.9 Å². The van der Waals surface area contributed by atoms with E-state index >= 15 is 0 Å². The molecule has 1 heterocycles. The summed E-state index contributed by atoms with van der Waals surface area (Å²) in [6.45, 7) is 3.28. The molecule has 1 rings (SSSR count). The van der Waals surface area contributed by atoms with Crippen molar-refractivity contribution in [1.29, 1.82) is 0 Å². The number of nitrogens with zero attached hydrogens (tertiary/aromatic N) is 3. The van der Waals surface area contributed by atoms with Crippen LogP contribution in [0.2, 0.25) is 0 Å². The summed E-state index contributed by atoms with van der Waals surface area (Å²) >= 11 is 0.872. The van der Waals surface area contributed by atoms with E-state index in [0.29, 0.717) is 0 Å². The molecule has 0 saturated heterocycles. The Bertz CT molecular complexity index is 393. The van der Waals surface area contributed by atoms with E-state index in [9.17, 15) is 14.9 Å². The molecule has 1 aromatic heterocycles. The Kier molecular flexibility index (Phi) is 4.11. The van der Waals surface area contributed by atoms with Crippen molar-refractivity contribution >= 4 is 22.8 Å². The van der Waals surface area contributed by atoms with Crippen LogP contribution in [0.3, 0.4) is 0 Å². The zero-order valence-electron chi connectivity index (χ0n) is 8.67. The number of anilines is 1. The van der Waals surface area contributed by atoms with Crippen molar-refractivity contribution in [3.05, 3.63) is 15.9 Å². The van der Waals surface area contributed by atoms with E-state index in [0.717, 1.165) is 11.5 Å². The van der Waals surface area contributed by atoms with Crippen molar-refractivity contribution in [3.8, 4) is 0 Å². The number of rotatable bonds is 4. The number of carbonyl (C=O) groups is 1. The van der Waals surface area contributed by atoms with Crippen LogP contribution in [0.4, 0.5) is 9.93 Å². The van der Waals surface area contributed by atoms with E-state index in [2.05, 4.69) is 19.4 Å². The van der Waals surface area contributed by atoms with E-state index in [1.807, 2.05) is 0 Å². The van der Waals surface area contributed by atoms with Gasteiger partial charge >= 0.3 is 6.09 Å². The van der Waals surface area contributed by atoms with Gasteiger partial charge in [0, 0.05) is 23.4 Å². The van der Waals surface area contributed by atoms with Gasteiger partial charge in [-0.05, 0) is 6.92 Å². The highest BCUT2D eigenvalue weighted by Crippen LogP contribution is 2.18. The Morgan fingerprint density at radius 1 is 1.75 bits per heavy atom. The lowest BCUT2D eigenvalue weighted by atomic mass is 10.3. The van der Waals surface area contributed by atoms with E-state index in [1.165, 1.54) is 6.92 Å². The van der Waals surface area contributed by atoms with Crippen molar-refractivity contribution in [2.24, 2.45) is 0 Å². The summed E-state index contributed by atoms with van der Waals surface area (Å²) in [5.41, 5.74) is 0. The zero-order valence-corrected chi connectivity index (χ0v) is 9.48. The molecule has 8 nitrogen and oxygen atoms in total. The Hall–Kier alpha value is -1.77. The molecule has 0 aliphatic heterocycles. The minimum absolute atomic E-state index is 0.0711. The fraction of sp³-hybridized carbons (Fsp3) is 0.571. The molecular weight excluding hydrogens is 236 g/mol. The average Bonchev–Trinajstić information content (AvgIpc) is 2.65. The van der Waals surface area contributed by atoms with Crippen LogP contribution in [-0.2, 0) is 4.74 Å². The van der Waals surface area contributed by atoms with Crippen molar-refractivity contribution < 1.29 is 14.5 Å². The molecule has 1 aromatic rings. The molecule has 0 aromatic carbocycles. The highest BCUT2D eigenvalue weighted by Gasteiger charge is 2.22. The molecule has 0 aliphatic rings. The number of hydrogen-bond acceptors (Lipinski definition) is 7. The van der Waals surface area contributed by atoms with Gasteiger partial charge in [0.1, 0.15) is 0 Å². The summed E-state index contributed by atoms with van der Waals surface area (Å²) in [6.07, 6.45) is -0.654. The molecule has 16 heavy (non-hydrogen) atoms. The van der Waals surface area contributed by atoms with E-state index in [-0.39, 0.29) is 17.6 Å². The highest BCUT2D eigenvalue weighted by atomic mass is 32.1. The molecule has 1 N–H and O–H groups in total. The summed E-state index contributed by atoms with van der Waals surface area (Å²) in [5.74, 6) is 0.0711. The van der Waals surface area contributed by atoms with E-state index < -0.39 is 17.1 Å². The zero-order chi connectivity index (χ0) is 12.1. The molecule has 1 unspecified atom stereocenters. The second-order valence-electron chi connectivity index (χ2n) is 2.76. The van der Waals surface area contributed by atoms with Crippen LogP contribution in [0.5, 0.6) is 0 Å². The topological polar surface area (TPSA) is 107 Å². The maximum Gasteiger partial charge on any atom is 0.413 e. The van der Waals surface area contributed by atoms with Gasteiger partial charge in [-0.15, -0.1) is 0 Å². The van der Waals surface area contributed by atoms with Crippen LogP contribution >= 0.6 is 11.5 Å². The van der Waals surface area contributed by atoms with Gasteiger partial charge in [0.05, 0.1) is 6.61 Å². The molecule has 0 radical (unpaired) electrons. The summed E-state index contributed by atoms with van der Waals surface area (Å²) < 4.78 is 8.39. The number of nitro groups is 1. The van der Waals surface area contributed by atoms with Gasteiger partial charge in [0.2, 0.25) is 11.0 Å². The Balaban J connectivity index is 2.64. The summed E-state index contributed by atoms with van der Waals surface area (Å²) in [4.78, 5) is 24.8. The average molecular weight is 246 g/mol. The highest BCUT2D eigenvalue weighted by molar-refractivity contribution is 7.09. The monoisotopic (exact) mass is 246 g/mol. The lowest BCUT2D eigenvalue weighted by molar-refractivity contribution is -0.525. The van der Waals surface area contributed by atoms with Gasteiger partial charge in [0.15, 0.2) is 0 Å². The standard InChI is InChI=1S/C7H10N4O4S/c1-3-15-7(12)9-6-8-5(10-16-6)4(2)11(13)14/h4H,3H2,1-2H3,(H,8,9,10,12). The van der Waals surface area contributed by atoms with Gasteiger partial charge < -0.3 is 4.74 Å². The maximum atomic E-state index is 11.0. The number of ether oxygens (including phenoxy) is 1. The Morgan fingerprint density at radius 2 is 2.44 bits per heavy atom. The SMILES string of the molecule is CCOC(=O)Nc1nc(C(C)[N+](=O)[O-])ns1. The third-order valence-electron chi connectivity index (χ3n) is 1.62. The molecule has 0 spiro atoms. The normalized spacial score (nSPS) is 11.9. The molecule has 0 bridgehead atoms. The number of amides is 1.